The second-order valence-electron chi connectivity index (χ2n) is 7.71. The number of aliphatic carboxylic acids is 2. The molecule has 0 spiro atoms. The van der Waals surface area contributed by atoms with Gasteiger partial charge in [-0.25, -0.2) is 9.59 Å². The summed E-state index contributed by atoms with van der Waals surface area (Å²) < 4.78 is 12.1. The lowest BCUT2D eigenvalue weighted by Gasteiger charge is -2.36. The second kappa shape index (κ2) is 12.9. The Labute approximate surface area is 184 Å². The summed E-state index contributed by atoms with van der Waals surface area (Å²) in [5.74, 6) is -3.10. The molecule has 1 aliphatic carbocycles. The molecule has 0 saturated heterocycles. The first-order chi connectivity index (χ1) is 14.7. The minimum Gasteiger partial charge on any atom is -0.478 e. The van der Waals surface area contributed by atoms with Crippen molar-refractivity contribution in [2.45, 2.75) is 58.2 Å². The van der Waals surface area contributed by atoms with Crippen LogP contribution in [-0.4, -0.2) is 41.2 Å². The molecule has 0 radical (unpaired) electrons. The van der Waals surface area contributed by atoms with Crippen LogP contribution in [0.4, 0.5) is 0 Å². The molecule has 0 saturated carbocycles. The van der Waals surface area contributed by atoms with Crippen molar-refractivity contribution in [3.8, 4) is 0 Å². The van der Waals surface area contributed by atoms with Gasteiger partial charge in [-0.2, -0.15) is 0 Å². The lowest BCUT2D eigenvalue weighted by molar-refractivity contribution is -0.202. The number of carbonyl (C=O) groups is 2. The third kappa shape index (κ3) is 8.90. The van der Waals surface area contributed by atoms with Gasteiger partial charge in [0, 0.05) is 24.0 Å². The standard InChI is InChI=1S/C21H30O2.C4H4O4/c1-5-16-22-21(23-17-6-2)14-12-19(13-15-21)20(3,4)18-10-8-7-9-11-18;5-3(6)1-2-4(7)8/h7-14H,5-6,15-17H2,1-4H3;1-2H,(H,5,6)(H,7,8)/b;2-1+. The van der Waals surface area contributed by atoms with Crippen molar-refractivity contribution >= 4 is 11.9 Å². The van der Waals surface area contributed by atoms with Gasteiger partial charge in [0.2, 0.25) is 0 Å². The second-order valence-corrected chi connectivity index (χ2v) is 7.71. The first kappa shape index (κ1) is 26.3. The summed E-state index contributed by atoms with van der Waals surface area (Å²) in [6.45, 7) is 10.2. The number of allylic oxidation sites excluding steroid dienone is 2. The van der Waals surface area contributed by atoms with Crippen LogP contribution in [0, 0.1) is 0 Å². The molecule has 0 amide bonds. The van der Waals surface area contributed by atoms with Crippen molar-refractivity contribution in [1.29, 1.82) is 0 Å². The highest BCUT2D eigenvalue weighted by molar-refractivity contribution is 5.89. The third-order valence-electron chi connectivity index (χ3n) is 4.81. The Morgan fingerprint density at radius 3 is 1.90 bits per heavy atom. The summed E-state index contributed by atoms with van der Waals surface area (Å²) in [6.07, 6.45) is 10.5. The molecule has 0 aromatic heterocycles. The fraction of sp³-hybridized carbons (Fsp3) is 0.440. The van der Waals surface area contributed by atoms with E-state index in [-0.39, 0.29) is 5.41 Å². The van der Waals surface area contributed by atoms with E-state index in [9.17, 15) is 9.59 Å². The molecule has 6 nitrogen and oxygen atoms in total. The molecule has 0 heterocycles. The van der Waals surface area contributed by atoms with Crippen LogP contribution in [0.1, 0.15) is 52.5 Å². The van der Waals surface area contributed by atoms with Gasteiger partial charge in [-0.05, 0) is 30.1 Å². The zero-order valence-electron chi connectivity index (χ0n) is 18.8. The van der Waals surface area contributed by atoms with Gasteiger partial charge in [0.15, 0.2) is 5.79 Å². The number of carboxylic acid groups (broad SMARTS) is 2. The first-order valence-electron chi connectivity index (χ1n) is 10.5. The monoisotopic (exact) mass is 430 g/mol. The van der Waals surface area contributed by atoms with E-state index in [2.05, 4.69) is 76.3 Å². The van der Waals surface area contributed by atoms with Crippen molar-refractivity contribution in [1.82, 2.24) is 0 Å². The third-order valence-corrected chi connectivity index (χ3v) is 4.81. The Hall–Kier alpha value is -2.70. The number of rotatable bonds is 10. The van der Waals surface area contributed by atoms with Crippen molar-refractivity contribution in [2.75, 3.05) is 13.2 Å². The molecule has 170 valence electrons. The summed E-state index contributed by atoms with van der Waals surface area (Å²) >= 11 is 0. The molecule has 2 rings (SSSR count). The average molecular weight is 431 g/mol. The SMILES string of the molecule is CCCOC1(OCCC)C=CC(C(C)(C)c2ccccc2)=CC1.O=C(O)/C=C/C(=O)O. The lowest BCUT2D eigenvalue weighted by Crippen LogP contribution is -2.36. The predicted molar refractivity (Wildman–Crippen MR) is 121 cm³/mol. The molecule has 0 atom stereocenters. The number of carboxylic acids is 2. The number of benzene rings is 1. The van der Waals surface area contributed by atoms with Crippen molar-refractivity contribution < 1.29 is 29.3 Å². The van der Waals surface area contributed by atoms with Crippen molar-refractivity contribution in [2.24, 2.45) is 0 Å². The Morgan fingerprint density at radius 1 is 1.00 bits per heavy atom. The van der Waals surface area contributed by atoms with E-state index >= 15 is 0 Å². The molecule has 1 aliphatic rings. The lowest BCUT2D eigenvalue weighted by atomic mass is 9.75. The van der Waals surface area contributed by atoms with E-state index in [1.165, 1.54) is 11.1 Å². The van der Waals surface area contributed by atoms with Gasteiger partial charge in [-0.3, -0.25) is 0 Å². The Kier molecular flexibility index (Phi) is 10.9. The van der Waals surface area contributed by atoms with Crippen molar-refractivity contribution in [3.63, 3.8) is 0 Å². The van der Waals surface area contributed by atoms with Gasteiger partial charge >= 0.3 is 11.9 Å². The molecule has 0 unspecified atom stereocenters. The Balaban J connectivity index is 0.000000512. The van der Waals surface area contributed by atoms with Crippen LogP contribution in [0.2, 0.25) is 0 Å². The zero-order chi connectivity index (χ0) is 23.3. The maximum atomic E-state index is 9.55. The molecule has 31 heavy (non-hydrogen) atoms. The highest BCUT2D eigenvalue weighted by Gasteiger charge is 2.33. The zero-order valence-corrected chi connectivity index (χ0v) is 18.8. The van der Waals surface area contributed by atoms with Crippen molar-refractivity contribution in [3.05, 3.63) is 71.8 Å². The molecule has 1 aromatic rings. The summed E-state index contributed by atoms with van der Waals surface area (Å²) in [6, 6.07) is 10.6. The smallest absolute Gasteiger partial charge is 0.328 e. The minimum absolute atomic E-state index is 0.0145. The molecular formula is C25H34O6. The molecule has 0 bridgehead atoms. The highest BCUT2D eigenvalue weighted by Crippen LogP contribution is 2.37. The van der Waals surface area contributed by atoms with Crippen LogP contribution in [0.5, 0.6) is 0 Å². The van der Waals surface area contributed by atoms with Gasteiger partial charge in [-0.1, -0.05) is 70.2 Å². The minimum atomic E-state index is -1.26. The van der Waals surface area contributed by atoms with Crippen LogP contribution < -0.4 is 0 Å². The maximum Gasteiger partial charge on any atom is 0.328 e. The van der Waals surface area contributed by atoms with Crippen LogP contribution in [0.25, 0.3) is 0 Å². The van der Waals surface area contributed by atoms with E-state index in [1.807, 2.05) is 0 Å². The topological polar surface area (TPSA) is 93.1 Å². The van der Waals surface area contributed by atoms with Crippen LogP contribution in [0.15, 0.2) is 66.3 Å². The maximum absolute atomic E-state index is 9.55. The van der Waals surface area contributed by atoms with Gasteiger partial charge in [0.25, 0.3) is 0 Å². The van der Waals surface area contributed by atoms with E-state index < -0.39 is 17.7 Å². The van der Waals surface area contributed by atoms with Crippen LogP contribution in [0.3, 0.4) is 0 Å². The molecule has 0 aliphatic heterocycles. The number of hydrogen-bond donors (Lipinski definition) is 2. The Morgan fingerprint density at radius 2 is 1.52 bits per heavy atom. The quantitative estimate of drug-likeness (QED) is 0.396. The Bertz CT molecular complexity index is 765. The molecule has 1 aromatic carbocycles. The van der Waals surface area contributed by atoms with Gasteiger partial charge in [0.1, 0.15) is 0 Å². The first-order valence-corrected chi connectivity index (χ1v) is 10.5. The predicted octanol–water partition coefficient (Wildman–Crippen LogP) is 5.11. The van der Waals surface area contributed by atoms with E-state index in [0.29, 0.717) is 12.2 Å². The average Bonchev–Trinajstić information content (AvgIpc) is 2.76. The van der Waals surface area contributed by atoms with Crippen LogP contribution in [-0.2, 0) is 24.5 Å². The van der Waals surface area contributed by atoms with E-state index in [1.54, 1.807) is 0 Å². The number of ether oxygens (including phenoxy) is 2. The van der Waals surface area contributed by atoms with Gasteiger partial charge in [0.05, 0.1) is 13.2 Å². The molecule has 6 heteroatoms. The molecule has 0 fully saturated rings. The van der Waals surface area contributed by atoms with Gasteiger partial charge in [-0.15, -0.1) is 0 Å². The van der Waals surface area contributed by atoms with E-state index in [0.717, 1.165) is 32.5 Å². The number of hydrogen-bond acceptors (Lipinski definition) is 4. The summed E-state index contributed by atoms with van der Waals surface area (Å²) in [7, 11) is 0. The largest absolute Gasteiger partial charge is 0.478 e. The fourth-order valence-corrected chi connectivity index (χ4v) is 3.04. The summed E-state index contributed by atoms with van der Waals surface area (Å²) in [4.78, 5) is 19.1. The molecular weight excluding hydrogens is 396 g/mol. The fourth-order valence-electron chi connectivity index (χ4n) is 3.04. The van der Waals surface area contributed by atoms with Crippen LogP contribution >= 0.6 is 0 Å². The van der Waals surface area contributed by atoms with Gasteiger partial charge < -0.3 is 19.7 Å². The summed E-state index contributed by atoms with van der Waals surface area (Å²) in [5.41, 5.74) is 2.63. The normalized spacial score (nSPS) is 15.2. The summed E-state index contributed by atoms with van der Waals surface area (Å²) in [5, 5.41) is 15.6. The highest BCUT2D eigenvalue weighted by atomic mass is 16.7. The molecule has 2 N–H and O–H groups in total. The van der Waals surface area contributed by atoms with E-state index in [4.69, 9.17) is 19.7 Å².